The molecule has 8 nitrogen and oxygen atoms in total. The molecule has 0 saturated carbocycles. The Balaban J connectivity index is 0.924. The van der Waals surface area contributed by atoms with Gasteiger partial charge in [0.05, 0.1) is 0 Å². The summed E-state index contributed by atoms with van der Waals surface area (Å²) in [6.45, 7) is 0. The monoisotopic (exact) mass is 1160 g/mol. The number of hydrogen-bond donors (Lipinski definition) is 0. The fraction of sp³-hybridized carbons (Fsp3) is 0. The number of anilines is 18. The first-order valence-corrected chi connectivity index (χ1v) is 30.2. The molecule has 0 amide bonds. The second-order valence-electron chi connectivity index (χ2n) is 21.5. The van der Waals surface area contributed by atoms with Crippen LogP contribution in [0.3, 0.4) is 0 Å². The molecule has 90 heavy (non-hydrogen) atoms. The Labute approximate surface area is 526 Å². The topological polar surface area (TPSA) is 45.2 Å². The summed E-state index contributed by atoms with van der Waals surface area (Å²) in [5.74, 6) is 1.46. The Kier molecular flexibility index (Phi) is 16.2. The van der Waals surface area contributed by atoms with E-state index in [4.69, 9.17) is 9.97 Å². The first-order chi connectivity index (χ1) is 44.7. The molecule has 0 spiro atoms. The van der Waals surface area contributed by atoms with E-state index in [2.05, 4.69) is 381 Å². The van der Waals surface area contributed by atoms with Crippen LogP contribution in [0.5, 0.6) is 0 Å². The predicted octanol–water partition coefficient (Wildman–Crippen LogP) is 23.0. The standard InChI is InChI=1S/C82H62N8/c1-9-27-63(28-10-1)85(64-29-11-2-12-30-64)71-45-53-75(54-46-71)89(76-55-47-72(48-56-76)86(65-31-13-3-14-32-65)66-33-15-4-16-34-66)81-79(43-25-61-83-81)80-44-26-62-84-82(80)90(77-57-49-73(50-58-77)87(67-35-17-5-18-36-67)68-37-19-6-20-38-68)78-59-51-74(52-60-78)88(69-39-21-7-22-40-69)70-41-23-8-24-42-70/h1-62H. The number of para-hydroxylation sites is 8. The van der Waals surface area contributed by atoms with Gasteiger partial charge in [0.1, 0.15) is 11.6 Å². The highest BCUT2D eigenvalue weighted by molar-refractivity contribution is 5.94. The van der Waals surface area contributed by atoms with Crippen molar-refractivity contribution in [1.29, 1.82) is 0 Å². The van der Waals surface area contributed by atoms with E-state index in [0.29, 0.717) is 0 Å². The van der Waals surface area contributed by atoms with Gasteiger partial charge in [0.15, 0.2) is 0 Å². The first-order valence-electron chi connectivity index (χ1n) is 30.2. The minimum atomic E-state index is 0.728. The van der Waals surface area contributed by atoms with E-state index in [1.807, 2.05) is 24.5 Å². The largest absolute Gasteiger partial charge is 0.311 e. The third kappa shape index (κ3) is 11.8. The summed E-state index contributed by atoms with van der Waals surface area (Å²) < 4.78 is 0. The SMILES string of the molecule is c1ccc(N(c2ccccc2)c2ccc(N(c3ccc(N(c4ccccc4)c4ccccc4)cc3)c3ncccc3-c3cccnc3N(c3ccc(N(c4ccccc4)c4ccccc4)cc3)c3ccc(N(c4ccccc4)c4ccccc4)cc3)cc2)cc1. The van der Waals surface area contributed by atoms with Gasteiger partial charge in [0.2, 0.25) is 0 Å². The first kappa shape index (κ1) is 55.6. The highest BCUT2D eigenvalue weighted by Gasteiger charge is 2.26. The molecule has 0 unspecified atom stereocenters. The zero-order valence-electron chi connectivity index (χ0n) is 49.4. The van der Waals surface area contributed by atoms with Crippen LogP contribution in [0, 0.1) is 0 Å². The second-order valence-corrected chi connectivity index (χ2v) is 21.5. The van der Waals surface area contributed by atoms with Gasteiger partial charge in [-0.05, 0) is 218 Å². The van der Waals surface area contributed by atoms with Gasteiger partial charge in [-0.3, -0.25) is 9.80 Å². The fourth-order valence-corrected chi connectivity index (χ4v) is 11.8. The molecule has 0 bridgehead atoms. The summed E-state index contributed by atoms with van der Waals surface area (Å²) in [5.41, 5.74) is 18.0. The number of nitrogens with zero attached hydrogens (tertiary/aromatic N) is 8. The molecular weight excluding hydrogens is 1100 g/mol. The molecule has 2 heterocycles. The lowest BCUT2D eigenvalue weighted by Gasteiger charge is -2.31. The Morgan fingerprint density at radius 3 is 0.444 bits per heavy atom. The van der Waals surface area contributed by atoms with Crippen molar-refractivity contribution in [3.8, 4) is 11.1 Å². The summed E-state index contributed by atoms with van der Waals surface area (Å²) in [5, 5.41) is 0. The molecule has 0 fully saturated rings. The quantitative estimate of drug-likeness (QED) is 0.0794. The van der Waals surface area contributed by atoms with Crippen molar-refractivity contribution in [2.24, 2.45) is 0 Å². The molecule has 0 aliphatic rings. The van der Waals surface area contributed by atoms with Crippen LogP contribution in [0.2, 0.25) is 0 Å². The molecule has 0 saturated heterocycles. The van der Waals surface area contributed by atoms with E-state index in [0.717, 1.165) is 114 Å². The summed E-state index contributed by atoms with van der Waals surface area (Å²) in [4.78, 5) is 24.4. The van der Waals surface area contributed by atoms with Gasteiger partial charge in [-0.25, -0.2) is 9.97 Å². The van der Waals surface area contributed by atoms with Crippen LogP contribution >= 0.6 is 0 Å². The lowest BCUT2D eigenvalue weighted by Crippen LogP contribution is -2.16. The average Bonchev–Trinajstić information content (AvgIpc) is 1.25. The predicted molar refractivity (Wildman–Crippen MR) is 376 cm³/mol. The van der Waals surface area contributed by atoms with Crippen molar-refractivity contribution < 1.29 is 0 Å². The maximum atomic E-state index is 5.38. The molecule has 14 rings (SSSR count). The van der Waals surface area contributed by atoms with E-state index in [1.165, 1.54) is 0 Å². The third-order valence-electron chi connectivity index (χ3n) is 15.9. The van der Waals surface area contributed by atoms with Gasteiger partial charge in [-0.2, -0.15) is 0 Å². The summed E-state index contributed by atoms with van der Waals surface area (Å²) in [6, 6.07) is 128. The highest BCUT2D eigenvalue weighted by Crippen LogP contribution is 2.48. The van der Waals surface area contributed by atoms with Crippen LogP contribution in [0.25, 0.3) is 11.1 Å². The Bertz CT molecular complexity index is 3840. The third-order valence-corrected chi connectivity index (χ3v) is 15.9. The molecule has 8 heteroatoms. The normalized spacial score (nSPS) is 10.9. The maximum Gasteiger partial charge on any atom is 0.145 e. The summed E-state index contributed by atoms with van der Waals surface area (Å²) >= 11 is 0. The zero-order valence-corrected chi connectivity index (χ0v) is 49.4. The summed E-state index contributed by atoms with van der Waals surface area (Å²) in [7, 11) is 0. The number of aromatic nitrogens is 2. The number of hydrogen-bond acceptors (Lipinski definition) is 8. The van der Waals surface area contributed by atoms with Crippen molar-refractivity contribution in [3.63, 3.8) is 0 Å². The molecular formula is C82H62N8. The Morgan fingerprint density at radius 1 is 0.133 bits per heavy atom. The molecule has 12 aromatic carbocycles. The van der Waals surface area contributed by atoms with Crippen molar-refractivity contribution >= 4 is 103 Å². The van der Waals surface area contributed by atoms with Crippen molar-refractivity contribution in [3.05, 3.63) is 376 Å². The van der Waals surface area contributed by atoms with Crippen LogP contribution in [-0.2, 0) is 0 Å². The molecule has 0 atom stereocenters. The van der Waals surface area contributed by atoms with E-state index in [9.17, 15) is 0 Å². The van der Waals surface area contributed by atoms with Gasteiger partial charge < -0.3 is 19.6 Å². The van der Waals surface area contributed by atoms with Crippen molar-refractivity contribution in [2.75, 3.05) is 29.4 Å². The minimum absolute atomic E-state index is 0.728. The van der Waals surface area contributed by atoms with Gasteiger partial charge in [-0.1, -0.05) is 146 Å². The van der Waals surface area contributed by atoms with Crippen LogP contribution in [-0.4, -0.2) is 9.97 Å². The van der Waals surface area contributed by atoms with E-state index < -0.39 is 0 Å². The van der Waals surface area contributed by atoms with E-state index >= 15 is 0 Å². The van der Waals surface area contributed by atoms with Crippen LogP contribution in [0.4, 0.5) is 103 Å². The van der Waals surface area contributed by atoms with E-state index in [1.54, 1.807) is 0 Å². The number of pyridine rings is 2. The summed E-state index contributed by atoms with van der Waals surface area (Å²) in [6.07, 6.45) is 3.77. The Morgan fingerprint density at radius 2 is 0.278 bits per heavy atom. The van der Waals surface area contributed by atoms with Crippen LogP contribution in [0.15, 0.2) is 376 Å². The lowest BCUT2D eigenvalue weighted by atomic mass is 10.0. The molecule has 0 radical (unpaired) electrons. The van der Waals surface area contributed by atoms with Gasteiger partial charge in [0, 0.05) is 115 Å². The minimum Gasteiger partial charge on any atom is -0.311 e. The average molecular weight is 1160 g/mol. The molecule has 14 aromatic rings. The maximum absolute atomic E-state index is 5.38. The lowest BCUT2D eigenvalue weighted by molar-refractivity contribution is 1.15. The molecule has 0 N–H and O–H groups in total. The zero-order chi connectivity index (χ0) is 60.3. The molecule has 2 aromatic heterocycles. The number of rotatable bonds is 19. The molecule has 0 aliphatic carbocycles. The van der Waals surface area contributed by atoms with Gasteiger partial charge in [0.25, 0.3) is 0 Å². The number of benzene rings is 12. The fourth-order valence-electron chi connectivity index (χ4n) is 11.8. The molecule has 0 aliphatic heterocycles. The van der Waals surface area contributed by atoms with E-state index in [-0.39, 0.29) is 0 Å². The van der Waals surface area contributed by atoms with Crippen molar-refractivity contribution in [1.82, 2.24) is 9.97 Å². The smallest absolute Gasteiger partial charge is 0.145 e. The van der Waals surface area contributed by atoms with Crippen molar-refractivity contribution in [2.45, 2.75) is 0 Å². The molecule has 430 valence electrons. The Hall–Kier alpha value is -12.3. The highest BCUT2D eigenvalue weighted by atomic mass is 15.2. The van der Waals surface area contributed by atoms with Gasteiger partial charge >= 0.3 is 0 Å². The van der Waals surface area contributed by atoms with Crippen LogP contribution in [0.1, 0.15) is 0 Å². The second kappa shape index (κ2) is 26.2. The van der Waals surface area contributed by atoms with Crippen LogP contribution < -0.4 is 29.4 Å². The van der Waals surface area contributed by atoms with Gasteiger partial charge in [-0.15, -0.1) is 0 Å².